The lowest BCUT2D eigenvalue weighted by Gasteiger charge is -2.01. The molecule has 0 spiro atoms. The second-order valence-electron chi connectivity index (χ2n) is 2.68. The molecule has 13 heavy (non-hydrogen) atoms. The van der Waals surface area contributed by atoms with Crippen LogP contribution in [0.15, 0.2) is 24.3 Å². The van der Waals surface area contributed by atoms with Crippen molar-refractivity contribution < 1.29 is 5.73 Å². The zero-order chi connectivity index (χ0) is 9.52. The molecule has 1 aromatic carbocycles. The van der Waals surface area contributed by atoms with Crippen LogP contribution in [0.3, 0.4) is 0 Å². The van der Waals surface area contributed by atoms with Crippen LogP contribution in [0.1, 0.15) is 11.1 Å². The first kappa shape index (κ1) is 10.1. The van der Waals surface area contributed by atoms with E-state index >= 15 is 0 Å². The standard InChI is InChI=1S/C10H12N2S/c11-5-6-13-8-10-4-2-1-3-9(10)7-12/h1-4H,5-6,8,11H2/p+1. The molecule has 0 bridgehead atoms. The van der Waals surface area contributed by atoms with Gasteiger partial charge in [-0.25, -0.2) is 0 Å². The van der Waals surface area contributed by atoms with Gasteiger partial charge in [0, 0.05) is 11.5 Å². The van der Waals surface area contributed by atoms with Crippen molar-refractivity contribution in [1.82, 2.24) is 0 Å². The Balaban J connectivity index is 2.60. The molecule has 0 aromatic heterocycles. The molecule has 3 N–H and O–H groups in total. The summed E-state index contributed by atoms with van der Waals surface area (Å²) < 4.78 is 0. The molecule has 3 heteroatoms. The first-order valence-corrected chi connectivity index (χ1v) is 5.39. The van der Waals surface area contributed by atoms with Gasteiger partial charge in [0.25, 0.3) is 0 Å². The van der Waals surface area contributed by atoms with Crippen molar-refractivity contribution in [2.24, 2.45) is 0 Å². The van der Waals surface area contributed by atoms with Crippen LogP contribution < -0.4 is 5.73 Å². The molecule has 1 rings (SSSR count). The molecule has 68 valence electrons. The van der Waals surface area contributed by atoms with Crippen LogP contribution in [0.4, 0.5) is 0 Å². The van der Waals surface area contributed by atoms with Crippen LogP contribution in [0.25, 0.3) is 0 Å². The first-order valence-electron chi connectivity index (χ1n) is 4.23. The van der Waals surface area contributed by atoms with Crippen LogP contribution in [0, 0.1) is 11.3 Å². The van der Waals surface area contributed by atoms with Crippen molar-refractivity contribution in [2.45, 2.75) is 5.75 Å². The Morgan fingerprint density at radius 2 is 2.15 bits per heavy atom. The van der Waals surface area contributed by atoms with Crippen LogP contribution in [0.5, 0.6) is 0 Å². The van der Waals surface area contributed by atoms with Crippen molar-refractivity contribution in [3.63, 3.8) is 0 Å². The molecule has 0 fully saturated rings. The number of nitriles is 1. The molecule has 0 atom stereocenters. The zero-order valence-electron chi connectivity index (χ0n) is 7.49. The van der Waals surface area contributed by atoms with Crippen molar-refractivity contribution in [2.75, 3.05) is 12.3 Å². The number of thioether (sulfide) groups is 1. The largest absolute Gasteiger partial charge is 0.357 e. The molecular formula is C10H13N2S+. The van der Waals surface area contributed by atoms with Crippen molar-refractivity contribution >= 4 is 11.8 Å². The van der Waals surface area contributed by atoms with E-state index in [0.717, 1.165) is 29.2 Å². The summed E-state index contributed by atoms with van der Waals surface area (Å²) in [7, 11) is 0. The molecule has 0 saturated heterocycles. The highest BCUT2D eigenvalue weighted by Crippen LogP contribution is 2.14. The Labute approximate surface area is 82.7 Å². The minimum atomic E-state index is 0.791. The maximum absolute atomic E-state index is 8.80. The predicted molar refractivity (Wildman–Crippen MR) is 55.1 cm³/mol. The fraction of sp³-hybridized carbons (Fsp3) is 0.300. The van der Waals surface area contributed by atoms with Gasteiger partial charge in [-0.1, -0.05) is 18.2 Å². The van der Waals surface area contributed by atoms with E-state index in [1.807, 2.05) is 36.0 Å². The number of benzene rings is 1. The van der Waals surface area contributed by atoms with Gasteiger partial charge in [-0.3, -0.25) is 0 Å². The first-order chi connectivity index (χ1) is 6.38. The summed E-state index contributed by atoms with van der Waals surface area (Å²) in [5.41, 5.74) is 5.69. The fourth-order valence-electron chi connectivity index (χ4n) is 1.04. The lowest BCUT2D eigenvalue weighted by atomic mass is 10.1. The Kier molecular flexibility index (Phi) is 4.37. The summed E-state index contributed by atoms with van der Waals surface area (Å²) in [4.78, 5) is 0. The highest BCUT2D eigenvalue weighted by Gasteiger charge is 1.99. The maximum Gasteiger partial charge on any atom is 0.0994 e. The van der Waals surface area contributed by atoms with E-state index in [4.69, 9.17) is 5.26 Å². The molecule has 1 aromatic rings. The van der Waals surface area contributed by atoms with Gasteiger partial charge < -0.3 is 5.73 Å². The molecular weight excluding hydrogens is 180 g/mol. The van der Waals surface area contributed by atoms with Gasteiger partial charge in [-0.05, 0) is 11.6 Å². The Morgan fingerprint density at radius 1 is 1.38 bits per heavy atom. The van der Waals surface area contributed by atoms with Gasteiger partial charge in [0.1, 0.15) is 0 Å². The fourth-order valence-corrected chi connectivity index (χ4v) is 1.86. The number of quaternary nitrogens is 1. The number of nitrogens with zero attached hydrogens (tertiary/aromatic N) is 1. The highest BCUT2D eigenvalue weighted by molar-refractivity contribution is 7.98. The average molecular weight is 193 g/mol. The molecule has 0 aliphatic heterocycles. The number of rotatable bonds is 4. The quantitative estimate of drug-likeness (QED) is 0.726. The summed E-state index contributed by atoms with van der Waals surface area (Å²) in [5.74, 6) is 1.97. The Morgan fingerprint density at radius 3 is 2.85 bits per heavy atom. The number of hydrogen-bond donors (Lipinski definition) is 1. The van der Waals surface area contributed by atoms with E-state index < -0.39 is 0 Å². The van der Waals surface area contributed by atoms with E-state index in [2.05, 4.69) is 11.8 Å². The maximum atomic E-state index is 8.80. The van der Waals surface area contributed by atoms with Crippen LogP contribution in [-0.2, 0) is 5.75 Å². The molecule has 0 aliphatic carbocycles. The third-order valence-electron chi connectivity index (χ3n) is 1.68. The summed E-state index contributed by atoms with van der Waals surface area (Å²) in [6.45, 7) is 0.944. The van der Waals surface area contributed by atoms with Crippen LogP contribution >= 0.6 is 11.8 Å². The molecule has 0 radical (unpaired) electrons. The molecule has 0 heterocycles. The molecule has 0 amide bonds. The zero-order valence-corrected chi connectivity index (χ0v) is 8.31. The van der Waals surface area contributed by atoms with E-state index in [1.54, 1.807) is 0 Å². The summed E-state index contributed by atoms with van der Waals surface area (Å²) in [5, 5.41) is 8.80. The average Bonchev–Trinajstić information content (AvgIpc) is 2.19. The summed E-state index contributed by atoms with van der Waals surface area (Å²) in [6.07, 6.45) is 0. The summed E-state index contributed by atoms with van der Waals surface area (Å²) >= 11 is 1.82. The molecule has 0 saturated carbocycles. The second-order valence-corrected chi connectivity index (χ2v) is 3.78. The van der Waals surface area contributed by atoms with Gasteiger partial charge in [0.15, 0.2) is 0 Å². The van der Waals surface area contributed by atoms with Crippen LogP contribution in [0.2, 0.25) is 0 Å². The Bertz CT molecular complexity index is 304. The minimum Gasteiger partial charge on any atom is -0.357 e. The van der Waals surface area contributed by atoms with E-state index in [0.29, 0.717) is 0 Å². The lowest BCUT2D eigenvalue weighted by molar-refractivity contribution is -0.360. The van der Waals surface area contributed by atoms with Crippen molar-refractivity contribution in [1.29, 1.82) is 5.26 Å². The third-order valence-corrected chi connectivity index (χ3v) is 2.78. The lowest BCUT2D eigenvalue weighted by Crippen LogP contribution is -2.51. The second kappa shape index (κ2) is 5.63. The van der Waals surface area contributed by atoms with Gasteiger partial charge in [-0.15, -0.1) is 0 Å². The van der Waals surface area contributed by atoms with E-state index in [-0.39, 0.29) is 0 Å². The smallest absolute Gasteiger partial charge is 0.0994 e. The normalized spacial score (nSPS) is 9.54. The minimum absolute atomic E-state index is 0.791. The van der Waals surface area contributed by atoms with Gasteiger partial charge in [-0.2, -0.15) is 17.0 Å². The predicted octanol–water partition coefficient (Wildman–Crippen LogP) is 1.03. The summed E-state index contributed by atoms with van der Waals surface area (Å²) in [6, 6.07) is 9.93. The SMILES string of the molecule is N#Cc1ccccc1CSCC[NH3+]. The van der Waals surface area contributed by atoms with Crippen molar-refractivity contribution in [3.05, 3.63) is 35.4 Å². The Hall–Kier alpha value is -0.980. The molecule has 2 nitrogen and oxygen atoms in total. The molecule has 0 aliphatic rings. The van der Waals surface area contributed by atoms with Gasteiger partial charge in [0.2, 0.25) is 0 Å². The van der Waals surface area contributed by atoms with E-state index in [1.165, 1.54) is 0 Å². The van der Waals surface area contributed by atoms with Crippen LogP contribution in [-0.4, -0.2) is 12.3 Å². The highest BCUT2D eigenvalue weighted by atomic mass is 32.2. The molecule has 0 unspecified atom stereocenters. The monoisotopic (exact) mass is 193 g/mol. The van der Waals surface area contributed by atoms with Gasteiger partial charge >= 0.3 is 0 Å². The van der Waals surface area contributed by atoms with Crippen molar-refractivity contribution in [3.8, 4) is 6.07 Å². The van der Waals surface area contributed by atoms with E-state index in [9.17, 15) is 0 Å². The van der Waals surface area contributed by atoms with Gasteiger partial charge in [0.05, 0.1) is 18.2 Å². The third kappa shape index (κ3) is 3.10. The number of hydrogen-bond acceptors (Lipinski definition) is 2. The topological polar surface area (TPSA) is 51.4 Å².